The number of ether oxygens (including phenoxy) is 3. The molecule has 1 aliphatic rings. The van der Waals surface area contributed by atoms with Gasteiger partial charge in [-0.3, -0.25) is 4.90 Å². The molecular weight excluding hydrogens is 508 g/mol. The maximum absolute atomic E-state index is 13.8. The first kappa shape index (κ1) is 29.2. The standard InChI is InChI=1S/C31H42N4O5/c1-22(2)10-9-19-39-27-20-24(11-12-26(27)38-6)34-17-8-7-16-33(29(34)36)21-23-13-15-32-28-25(23)14-18-35(28)30(37)40-31(3,4)5/h11-15,18,20,22H,7-10,16-17,19,21H2,1-6H3. The van der Waals surface area contributed by atoms with Gasteiger partial charge in [-0.15, -0.1) is 0 Å². The molecule has 9 nitrogen and oxygen atoms in total. The van der Waals surface area contributed by atoms with Crippen LogP contribution in [0.2, 0.25) is 0 Å². The number of anilines is 1. The Bertz CT molecular complexity index is 1330. The third-order valence-corrected chi connectivity index (χ3v) is 6.83. The molecule has 4 rings (SSSR count). The van der Waals surface area contributed by atoms with Gasteiger partial charge in [0.25, 0.3) is 0 Å². The number of amides is 2. The SMILES string of the molecule is COc1ccc(N2CCCCN(Cc3ccnc4c3ccn4C(=O)OC(C)(C)C)C2=O)cc1OCCCC(C)C. The quantitative estimate of drug-likeness (QED) is 0.270. The minimum atomic E-state index is -0.617. The van der Waals surface area contributed by atoms with Crippen LogP contribution >= 0.6 is 0 Å². The highest BCUT2D eigenvalue weighted by molar-refractivity contribution is 5.93. The van der Waals surface area contributed by atoms with Crippen LogP contribution in [0.15, 0.2) is 42.7 Å². The summed E-state index contributed by atoms with van der Waals surface area (Å²) in [5, 5.41) is 0.818. The Morgan fingerprint density at radius 3 is 2.58 bits per heavy atom. The van der Waals surface area contributed by atoms with Crippen molar-refractivity contribution in [3.8, 4) is 11.5 Å². The Morgan fingerprint density at radius 2 is 1.85 bits per heavy atom. The van der Waals surface area contributed by atoms with Crippen molar-refractivity contribution in [3.05, 3.63) is 48.3 Å². The molecule has 0 atom stereocenters. The lowest BCUT2D eigenvalue weighted by atomic mass is 10.1. The number of urea groups is 1. The van der Waals surface area contributed by atoms with Crippen LogP contribution in [-0.2, 0) is 11.3 Å². The Labute approximate surface area is 237 Å². The second-order valence-corrected chi connectivity index (χ2v) is 11.7. The minimum Gasteiger partial charge on any atom is -0.493 e. The number of pyridine rings is 1. The topological polar surface area (TPSA) is 86.1 Å². The lowest BCUT2D eigenvalue weighted by Crippen LogP contribution is -2.41. The molecule has 0 aliphatic carbocycles. The molecule has 9 heteroatoms. The van der Waals surface area contributed by atoms with Crippen LogP contribution in [-0.4, -0.2) is 59.0 Å². The van der Waals surface area contributed by atoms with Gasteiger partial charge in [-0.05, 0) is 82.2 Å². The normalized spacial score (nSPS) is 14.5. The van der Waals surface area contributed by atoms with Gasteiger partial charge < -0.3 is 19.1 Å². The number of aromatic nitrogens is 2. The highest BCUT2D eigenvalue weighted by atomic mass is 16.6. The van der Waals surface area contributed by atoms with E-state index in [4.69, 9.17) is 14.2 Å². The lowest BCUT2D eigenvalue weighted by molar-refractivity contribution is 0.0543. The van der Waals surface area contributed by atoms with E-state index in [1.54, 1.807) is 19.5 Å². The summed E-state index contributed by atoms with van der Waals surface area (Å²) in [5.74, 6) is 1.92. The predicted molar refractivity (Wildman–Crippen MR) is 156 cm³/mol. The maximum Gasteiger partial charge on any atom is 0.420 e. The summed E-state index contributed by atoms with van der Waals surface area (Å²) in [4.78, 5) is 34.7. The zero-order valence-corrected chi connectivity index (χ0v) is 24.6. The zero-order chi connectivity index (χ0) is 28.9. The van der Waals surface area contributed by atoms with Crippen molar-refractivity contribution in [2.24, 2.45) is 5.92 Å². The molecule has 0 unspecified atom stereocenters. The van der Waals surface area contributed by atoms with Gasteiger partial charge in [0, 0.05) is 49.2 Å². The Kier molecular flexibility index (Phi) is 9.22. The molecule has 1 aliphatic heterocycles. The second-order valence-electron chi connectivity index (χ2n) is 11.7. The zero-order valence-electron chi connectivity index (χ0n) is 24.6. The van der Waals surface area contributed by atoms with E-state index in [0.717, 1.165) is 42.3 Å². The number of rotatable bonds is 9. The Hall–Kier alpha value is -3.75. The molecule has 0 radical (unpaired) electrons. The number of carbonyl (C=O) groups is 2. The fourth-order valence-electron chi connectivity index (χ4n) is 4.84. The van der Waals surface area contributed by atoms with Crippen molar-refractivity contribution in [2.45, 2.75) is 72.4 Å². The van der Waals surface area contributed by atoms with Crippen LogP contribution < -0.4 is 14.4 Å². The van der Waals surface area contributed by atoms with Crippen molar-refractivity contribution in [3.63, 3.8) is 0 Å². The highest BCUT2D eigenvalue weighted by Crippen LogP contribution is 2.33. The fraction of sp³-hybridized carbons (Fsp3) is 0.516. The first-order valence-electron chi connectivity index (χ1n) is 14.1. The number of hydrogen-bond donors (Lipinski definition) is 0. The number of benzene rings is 1. The largest absolute Gasteiger partial charge is 0.493 e. The number of nitrogens with zero attached hydrogens (tertiary/aromatic N) is 4. The molecule has 1 aromatic carbocycles. The van der Waals surface area contributed by atoms with E-state index in [1.165, 1.54) is 4.57 Å². The minimum absolute atomic E-state index is 0.0649. The average Bonchev–Trinajstić information content (AvgIpc) is 3.26. The van der Waals surface area contributed by atoms with Crippen LogP contribution in [0.3, 0.4) is 0 Å². The van der Waals surface area contributed by atoms with E-state index < -0.39 is 11.7 Å². The summed E-state index contributed by atoms with van der Waals surface area (Å²) in [6.07, 6.45) is 6.69. The molecule has 3 aromatic rings. The van der Waals surface area contributed by atoms with Crippen LogP contribution in [0.25, 0.3) is 11.0 Å². The van der Waals surface area contributed by atoms with Gasteiger partial charge >= 0.3 is 12.1 Å². The van der Waals surface area contributed by atoms with E-state index in [2.05, 4.69) is 18.8 Å². The molecule has 2 aromatic heterocycles. The third kappa shape index (κ3) is 7.06. The number of fused-ring (bicyclic) bond motifs is 1. The van der Waals surface area contributed by atoms with Crippen LogP contribution in [0.5, 0.6) is 11.5 Å². The summed E-state index contributed by atoms with van der Waals surface area (Å²) in [5.41, 5.74) is 1.60. The number of hydrogen-bond acceptors (Lipinski definition) is 6. The van der Waals surface area contributed by atoms with Crippen molar-refractivity contribution < 1.29 is 23.8 Å². The van der Waals surface area contributed by atoms with Crippen molar-refractivity contribution in [1.82, 2.24) is 14.5 Å². The van der Waals surface area contributed by atoms with Gasteiger partial charge in [0.1, 0.15) is 11.2 Å². The van der Waals surface area contributed by atoms with E-state index in [-0.39, 0.29) is 6.03 Å². The van der Waals surface area contributed by atoms with E-state index in [1.807, 2.05) is 60.9 Å². The maximum atomic E-state index is 13.8. The Morgan fingerprint density at radius 1 is 1.07 bits per heavy atom. The summed E-state index contributed by atoms with van der Waals surface area (Å²) < 4.78 is 18.6. The molecule has 2 amide bonds. The van der Waals surface area contributed by atoms with Crippen LogP contribution in [0, 0.1) is 5.92 Å². The first-order valence-corrected chi connectivity index (χ1v) is 14.1. The predicted octanol–water partition coefficient (Wildman–Crippen LogP) is 6.87. The lowest BCUT2D eigenvalue weighted by Gasteiger charge is -2.28. The molecule has 1 fully saturated rings. The van der Waals surface area contributed by atoms with Gasteiger partial charge in [0.2, 0.25) is 0 Å². The Balaban J connectivity index is 1.54. The molecular formula is C31H42N4O5. The van der Waals surface area contributed by atoms with Gasteiger partial charge in [-0.2, -0.15) is 0 Å². The summed E-state index contributed by atoms with van der Waals surface area (Å²) >= 11 is 0. The van der Waals surface area contributed by atoms with Gasteiger partial charge in [-0.1, -0.05) is 13.8 Å². The molecule has 0 bridgehead atoms. The van der Waals surface area contributed by atoms with Crippen molar-refractivity contribution >= 4 is 28.8 Å². The van der Waals surface area contributed by atoms with Gasteiger partial charge in [0.05, 0.1) is 13.7 Å². The fourth-order valence-corrected chi connectivity index (χ4v) is 4.84. The number of methoxy groups -OCH3 is 1. The van der Waals surface area contributed by atoms with E-state index in [0.29, 0.717) is 49.3 Å². The summed E-state index contributed by atoms with van der Waals surface area (Å²) in [6, 6.07) is 9.37. The smallest absolute Gasteiger partial charge is 0.420 e. The monoisotopic (exact) mass is 550 g/mol. The molecule has 40 heavy (non-hydrogen) atoms. The molecule has 3 heterocycles. The van der Waals surface area contributed by atoms with E-state index in [9.17, 15) is 9.59 Å². The van der Waals surface area contributed by atoms with E-state index >= 15 is 0 Å². The average molecular weight is 551 g/mol. The summed E-state index contributed by atoms with van der Waals surface area (Å²) in [7, 11) is 1.63. The molecule has 1 saturated heterocycles. The van der Waals surface area contributed by atoms with Crippen molar-refractivity contribution in [1.29, 1.82) is 0 Å². The third-order valence-electron chi connectivity index (χ3n) is 6.83. The molecule has 0 saturated carbocycles. The van der Waals surface area contributed by atoms with Crippen molar-refractivity contribution in [2.75, 3.05) is 31.7 Å². The molecule has 216 valence electrons. The first-order chi connectivity index (χ1) is 19.1. The van der Waals surface area contributed by atoms with Crippen LogP contribution in [0.4, 0.5) is 15.3 Å². The highest BCUT2D eigenvalue weighted by Gasteiger charge is 2.27. The van der Waals surface area contributed by atoms with Crippen LogP contribution in [0.1, 0.15) is 65.9 Å². The molecule has 0 spiro atoms. The number of carbonyl (C=O) groups excluding carboxylic acids is 2. The van der Waals surface area contributed by atoms with Gasteiger partial charge in [-0.25, -0.2) is 19.1 Å². The second kappa shape index (κ2) is 12.6. The summed E-state index contributed by atoms with van der Waals surface area (Å²) in [6.45, 7) is 12.2. The molecule has 0 N–H and O–H groups in total. The van der Waals surface area contributed by atoms with Gasteiger partial charge in [0.15, 0.2) is 11.5 Å².